The molecule has 7 heteroatoms. The molecule has 0 heterocycles. The normalized spacial score (nSPS) is 11.5. The molecule has 0 amide bonds. The molecule has 0 saturated carbocycles. The largest absolute Gasteiger partial charge is 0.478 e. The van der Waals surface area contributed by atoms with Gasteiger partial charge in [-0.15, -0.1) is 0 Å². The molecule has 0 aromatic heterocycles. The molecule has 0 atom stereocenters. The van der Waals surface area contributed by atoms with Crippen molar-refractivity contribution in [1.29, 1.82) is 0 Å². The van der Waals surface area contributed by atoms with Crippen molar-refractivity contribution in [2.75, 3.05) is 6.54 Å². The van der Waals surface area contributed by atoms with Gasteiger partial charge in [0, 0.05) is 6.54 Å². The number of rotatable bonds is 9. The van der Waals surface area contributed by atoms with Crippen LogP contribution in [0.4, 0.5) is 0 Å². The van der Waals surface area contributed by atoms with Gasteiger partial charge in [-0.1, -0.05) is 44.2 Å². The standard InChI is InChI=1S/C14H20ClNO4S/c1-2-3-4-5-6-9-16-21(19,20)13-10-11(14(17)18)7-8-12(13)15/h7-8,10,16H,2-6,9H2,1H3,(H,17,18). The summed E-state index contributed by atoms with van der Waals surface area (Å²) in [6.45, 7) is 2.43. The average molecular weight is 334 g/mol. The fourth-order valence-corrected chi connectivity index (χ4v) is 3.45. The topological polar surface area (TPSA) is 83.5 Å². The van der Waals surface area contributed by atoms with Gasteiger partial charge in [0.05, 0.1) is 10.6 Å². The summed E-state index contributed by atoms with van der Waals surface area (Å²) in [5.41, 5.74) is -0.109. The van der Waals surface area contributed by atoms with Crippen LogP contribution in [0.3, 0.4) is 0 Å². The molecule has 5 nitrogen and oxygen atoms in total. The summed E-state index contributed by atoms with van der Waals surface area (Å²) in [5.74, 6) is -1.19. The number of unbranched alkanes of at least 4 members (excludes halogenated alkanes) is 4. The van der Waals surface area contributed by atoms with Gasteiger partial charge in [-0.3, -0.25) is 0 Å². The Morgan fingerprint density at radius 2 is 1.90 bits per heavy atom. The molecule has 1 rings (SSSR count). The molecule has 0 radical (unpaired) electrons. The molecule has 0 spiro atoms. The monoisotopic (exact) mass is 333 g/mol. The highest BCUT2D eigenvalue weighted by Crippen LogP contribution is 2.22. The minimum atomic E-state index is -3.78. The first-order valence-electron chi connectivity index (χ1n) is 6.91. The predicted octanol–water partition coefficient (Wildman–Crippen LogP) is 3.29. The van der Waals surface area contributed by atoms with Gasteiger partial charge in [0.15, 0.2) is 0 Å². The highest BCUT2D eigenvalue weighted by molar-refractivity contribution is 7.89. The van der Waals surface area contributed by atoms with E-state index >= 15 is 0 Å². The molecule has 2 N–H and O–H groups in total. The molecule has 0 aliphatic heterocycles. The molecule has 118 valence electrons. The molecule has 0 fully saturated rings. The maximum Gasteiger partial charge on any atom is 0.335 e. The fourth-order valence-electron chi connectivity index (χ4n) is 1.86. The summed E-state index contributed by atoms with van der Waals surface area (Å²) >= 11 is 5.85. The van der Waals surface area contributed by atoms with E-state index in [1.807, 2.05) is 0 Å². The second kappa shape index (κ2) is 8.36. The molecule has 1 aromatic carbocycles. The van der Waals surface area contributed by atoms with Gasteiger partial charge in [0.1, 0.15) is 4.90 Å². The lowest BCUT2D eigenvalue weighted by molar-refractivity contribution is 0.0696. The van der Waals surface area contributed by atoms with Crippen LogP contribution in [-0.4, -0.2) is 26.0 Å². The number of carboxylic acids is 1. The Kier molecular flexibility index (Phi) is 7.14. The van der Waals surface area contributed by atoms with Crippen LogP contribution in [0.5, 0.6) is 0 Å². The van der Waals surface area contributed by atoms with Crippen molar-refractivity contribution < 1.29 is 18.3 Å². The van der Waals surface area contributed by atoms with Crippen LogP contribution in [-0.2, 0) is 10.0 Å². The van der Waals surface area contributed by atoms with Crippen molar-refractivity contribution in [3.05, 3.63) is 28.8 Å². The lowest BCUT2D eigenvalue weighted by Crippen LogP contribution is -2.25. The number of sulfonamides is 1. The van der Waals surface area contributed by atoms with Crippen LogP contribution in [0, 0.1) is 0 Å². The van der Waals surface area contributed by atoms with Crippen molar-refractivity contribution in [1.82, 2.24) is 4.72 Å². The SMILES string of the molecule is CCCCCCCNS(=O)(=O)c1cc(C(=O)O)ccc1Cl. The molecule has 21 heavy (non-hydrogen) atoms. The highest BCUT2D eigenvalue weighted by atomic mass is 35.5. The number of carboxylic acid groups (broad SMARTS) is 1. The van der Waals surface area contributed by atoms with E-state index in [0.717, 1.165) is 38.2 Å². The Bertz CT molecular complexity index is 587. The van der Waals surface area contributed by atoms with Crippen molar-refractivity contribution >= 4 is 27.6 Å². The first kappa shape index (κ1) is 17.9. The van der Waals surface area contributed by atoms with Gasteiger partial charge >= 0.3 is 5.97 Å². The quantitative estimate of drug-likeness (QED) is 0.679. The molecule has 0 unspecified atom stereocenters. The zero-order chi connectivity index (χ0) is 15.9. The maximum atomic E-state index is 12.1. The molecular formula is C14H20ClNO4S. The smallest absolute Gasteiger partial charge is 0.335 e. The number of hydrogen-bond donors (Lipinski definition) is 2. The first-order valence-corrected chi connectivity index (χ1v) is 8.77. The third kappa shape index (κ3) is 5.65. The Balaban J connectivity index is 2.70. The zero-order valence-corrected chi connectivity index (χ0v) is 13.5. The summed E-state index contributed by atoms with van der Waals surface area (Å²) in [6.07, 6.45) is 5.05. The number of carbonyl (C=O) groups is 1. The van der Waals surface area contributed by atoms with Gasteiger partial charge in [0.25, 0.3) is 0 Å². The lowest BCUT2D eigenvalue weighted by atomic mass is 10.2. The van der Waals surface area contributed by atoms with Crippen LogP contribution in [0.1, 0.15) is 49.4 Å². The number of benzene rings is 1. The molecule has 0 bridgehead atoms. The summed E-state index contributed by atoms with van der Waals surface area (Å²) in [7, 11) is -3.78. The van der Waals surface area contributed by atoms with Crippen LogP contribution < -0.4 is 4.72 Å². The summed E-state index contributed by atoms with van der Waals surface area (Å²) in [4.78, 5) is 10.7. The second-order valence-corrected chi connectivity index (χ2v) is 6.90. The number of halogens is 1. The maximum absolute atomic E-state index is 12.1. The molecular weight excluding hydrogens is 314 g/mol. The minimum absolute atomic E-state index is 0.0125. The van der Waals surface area contributed by atoms with Crippen molar-refractivity contribution in [2.45, 2.75) is 43.9 Å². The van der Waals surface area contributed by atoms with E-state index in [1.165, 1.54) is 12.1 Å². The third-order valence-electron chi connectivity index (χ3n) is 3.04. The molecule has 0 saturated heterocycles. The van der Waals surface area contributed by atoms with Crippen LogP contribution in [0.15, 0.2) is 23.1 Å². The van der Waals surface area contributed by atoms with E-state index in [0.29, 0.717) is 6.54 Å². The minimum Gasteiger partial charge on any atom is -0.478 e. The zero-order valence-electron chi connectivity index (χ0n) is 11.9. The van der Waals surface area contributed by atoms with E-state index in [1.54, 1.807) is 0 Å². The third-order valence-corrected chi connectivity index (χ3v) is 4.98. The molecule has 1 aromatic rings. The van der Waals surface area contributed by atoms with E-state index < -0.39 is 16.0 Å². The Morgan fingerprint density at radius 3 is 2.52 bits per heavy atom. The van der Waals surface area contributed by atoms with Crippen LogP contribution >= 0.6 is 11.6 Å². The second-order valence-electron chi connectivity index (χ2n) is 4.76. The Morgan fingerprint density at radius 1 is 1.24 bits per heavy atom. The first-order chi connectivity index (χ1) is 9.88. The van der Waals surface area contributed by atoms with Crippen molar-refractivity contribution in [2.24, 2.45) is 0 Å². The van der Waals surface area contributed by atoms with Crippen molar-refractivity contribution in [3.63, 3.8) is 0 Å². The predicted molar refractivity (Wildman–Crippen MR) is 82.4 cm³/mol. The van der Waals surface area contributed by atoms with Gasteiger partial charge in [0.2, 0.25) is 10.0 Å². The van der Waals surface area contributed by atoms with Gasteiger partial charge in [-0.25, -0.2) is 17.9 Å². The Labute approximate surface area is 130 Å². The molecule has 0 aliphatic rings. The highest BCUT2D eigenvalue weighted by Gasteiger charge is 2.19. The number of nitrogens with one attached hydrogen (secondary N) is 1. The Hall–Kier alpha value is -1.11. The van der Waals surface area contributed by atoms with Gasteiger partial charge in [-0.2, -0.15) is 0 Å². The van der Waals surface area contributed by atoms with Gasteiger partial charge < -0.3 is 5.11 Å². The van der Waals surface area contributed by atoms with E-state index in [4.69, 9.17) is 16.7 Å². The number of hydrogen-bond acceptors (Lipinski definition) is 3. The van der Waals surface area contributed by atoms with E-state index in [-0.39, 0.29) is 15.5 Å². The van der Waals surface area contributed by atoms with Gasteiger partial charge in [-0.05, 0) is 24.6 Å². The molecule has 0 aliphatic carbocycles. The van der Waals surface area contributed by atoms with Crippen molar-refractivity contribution in [3.8, 4) is 0 Å². The fraction of sp³-hybridized carbons (Fsp3) is 0.500. The van der Waals surface area contributed by atoms with Crippen LogP contribution in [0.2, 0.25) is 5.02 Å². The van der Waals surface area contributed by atoms with E-state index in [2.05, 4.69) is 11.6 Å². The lowest BCUT2D eigenvalue weighted by Gasteiger charge is -2.09. The summed E-state index contributed by atoms with van der Waals surface area (Å²) in [6, 6.07) is 3.62. The number of aromatic carboxylic acids is 1. The summed E-state index contributed by atoms with van der Waals surface area (Å²) in [5, 5.41) is 8.92. The van der Waals surface area contributed by atoms with Crippen LogP contribution in [0.25, 0.3) is 0 Å². The summed E-state index contributed by atoms with van der Waals surface area (Å²) < 4.78 is 26.7. The van der Waals surface area contributed by atoms with E-state index in [9.17, 15) is 13.2 Å². The average Bonchev–Trinajstić information content (AvgIpc) is 2.42.